The van der Waals surface area contributed by atoms with E-state index in [2.05, 4.69) is 50.0 Å². The van der Waals surface area contributed by atoms with E-state index in [1.807, 2.05) is 0 Å². The molecule has 1 rings (SSSR count). The van der Waals surface area contributed by atoms with Crippen molar-refractivity contribution in [2.75, 3.05) is 26.7 Å². The Bertz CT molecular complexity index is 236. The summed E-state index contributed by atoms with van der Waals surface area (Å²) in [6, 6.07) is 0. The van der Waals surface area contributed by atoms with Crippen LogP contribution in [0.15, 0.2) is 4.99 Å². The lowest BCUT2D eigenvalue weighted by Crippen LogP contribution is -2.41. The molecule has 0 amide bonds. The SMILES string of the molecule is CC(C)CC(C)(C)CNC1=NCCN1C.I. The summed E-state index contributed by atoms with van der Waals surface area (Å²) in [6.45, 7) is 12.2. The molecule has 1 aliphatic rings. The smallest absolute Gasteiger partial charge is 0.193 e. The van der Waals surface area contributed by atoms with Crippen LogP contribution >= 0.6 is 24.0 Å². The second-order valence-electron chi connectivity index (χ2n) is 5.74. The van der Waals surface area contributed by atoms with Crippen molar-refractivity contribution >= 4 is 29.9 Å². The average molecular weight is 339 g/mol. The van der Waals surface area contributed by atoms with Crippen molar-refractivity contribution in [3.8, 4) is 0 Å². The summed E-state index contributed by atoms with van der Waals surface area (Å²) in [7, 11) is 2.09. The first-order chi connectivity index (χ1) is 6.91. The van der Waals surface area contributed by atoms with Crippen LogP contribution < -0.4 is 5.32 Å². The molecule has 0 saturated carbocycles. The van der Waals surface area contributed by atoms with Crippen molar-refractivity contribution < 1.29 is 0 Å². The molecule has 0 aromatic carbocycles. The molecule has 1 aliphatic heterocycles. The van der Waals surface area contributed by atoms with Crippen LogP contribution in [0.4, 0.5) is 0 Å². The predicted octanol–water partition coefficient (Wildman–Crippen LogP) is 2.57. The van der Waals surface area contributed by atoms with Gasteiger partial charge in [-0.2, -0.15) is 0 Å². The van der Waals surface area contributed by atoms with Crippen LogP contribution in [0.3, 0.4) is 0 Å². The van der Waals surface area contributed by atoms with Crippen molar-refractivity contribution in [1.82, 2.24) is 10.2 Å². The number of rotatable bonds is 4. The van der Waals surface area contributed by atoms with Crippen LogP contribution in [0.2, 0.25) is 0 Å². The highest BCUT2D eigenvalue weighted by Gasteiger charge is 2.21. The summed E-state index contributed by atoms with van der Waals surface area (Å²) in [6.07, 6.45) is 1.25. The zero-order valence-electron chi connectivity index (χ0n) is 11.2. The molecule has 0 bridgehead atoms. The highest BCUT2D eigenvalue weighted by atomic mass is 127. The second-order valence-corrected chi connectivity index (χ2v) is 5.74. The van der Waals surface area contributed by atoms with Crippen molar-refractivity contribution in [3.05, 3.63) is 0 Å². The number of nitrogens with one attached hydrogen (secondary N) is 1. The molecule has 1 N–H and O–H groups in total. The summed E-state index contributed by atoms with van der Waals surface area (Å²) >= 11 is 0. The van der Waals surface area contributed by atoms with Gasteiger partial charge in [0.2, 0.25) is 0 Å². The van der Waals surface area contributed by atoms with Gasteiger partial charge in [0.05, 0.1) is 6.54 Å². The van der Waals surface area contributed by atoms with Crippen LogP contribution in [-0.2, 0) is 0 Å². The molecule has 0 spiro atoms. The number of likely N-dealkylation sites (N-methyl/N-ethyl adjacent to an activating group) is 1. The highest BCUT2D eigenvalue weighted by molar-refractivity contribution is 14.0. The largest absolute Gasteiger partial charge is 0.356 e. The van der Waals surface area contributed by atoms with E-state index in [1.165, 1.54) is 6.42 Å². The van der Waals surface area contributed by atoms with Crippen molar-refractivity contribution in [1.29, 1.82) is 0 Å². The van der Waals surface area contributed by atoms with Crippen LogP contribution in [0.25, 0.3) is 0 Å². The Kier molecular flexibility index (Phi) is 6.67. The normalized spacial score (nSPS) is 16.1. The first-order valence-corrected chi connectivity index (χ1v) is 5.90. The molecular formula is C12H26IN3. The van der Waals surface area contributed by atoms with Crippen LogP contribution in [0.1, 0.15) is 34.1 Å². The molecule has 0 aromatic rings. The van der Waals surface area contributed by atoms with E-state index in [1.54, 1.807) is 0 Å². The lowest BCUT2D eigenvalue weighted by molar-refractivity contribution is 0.284. The molecular weight excluding hydrogens is 313 g/mol. The van der Waals surface area contributed by atoms with Crippen molar-refractivity contribution in [3.63, 3.8) is 0 Å². The average Bonchev–Trinajstić information content (AvgIpc) is 2.45. The highest BCUT2D eigenvalue weighted by Crippen LogP contribution is 2.24. The number of halogens is 1. The minimum Gasteiger partial charge on any atom is -0.356 e. The summed E-state index contributed by atoms with van der Waals surface area (Å²) in [4.78, 5) is 6.62. The Morgan fingerprint density at radius 1 is 1.44 bits per heavy atom. The molecule has 0 radical (unpaired) electrons. The first-order valence-electron chi connectivity index (χ1n) is 5.90. The monoisotopic (exact) mass is 339 g/mol. The topological polar surface area (TPSA) is 27.6 Å². The second kappa shape index (κ2) is 6.67. The number of aliphatic imine (C=N–C) groups is 1. The third-order valence-corrected chi connectivity index (χ3v) is 2.74. The van der Waals surface area contributed by atoms with E-state index in [-0.39, 0.29) is 24.0 Å². The first kappa shape index (κ1) is 16.0. The van der Waals surface area contributed by atoms with Gasteiger partial charge >= 0.3 is 0 Å². The lowest BCUT2D eigenvalue weighted by atomic mass is 9.84. The molecule has 16 heavy (non-hydrogen) atoms. The molecule has 0 saturated heterocycles. The predicted molar refractivity (Wildman–Crippen MR) is 81.6 cm³/mol. The van der Waals surface area contributed by atoms with Gasteiger partial charge in [-0.3, -0.25) is 4.99 Å². The summed E-state index contributed by atoms with van der Waals surface area (Å²) in [5.41, 5.74) is 0.347. The maximum absolute atomic E-state index is 4.43. The van der Waals surface area contributed by atoms with Gasteiger partial charge in [0.15, 0.2) is 5.96 Å². The molecule has 3 nitrogen and oxygen atoms in total. The third-order valence-electron chi connectivity index (χ3n) is 2.74. The van der Waals surface area contributed by atoms with Crippen LogP contribution in [0.5, 0.6) is 0 Å². The van der Waals surface area contributed by atoms with E-state index in [0.29, 0.717) is 5.41 Å². The van der Waals surface area contributed by atoms with Crippen LogP contribution in [0, 0.1) is 11.3 Å². The molecule has 0 aromatic heterocycles. The van der Waals surface area contributed by atoms with Gasteiger partial charge in [0, 0.05) is 20.1 Å². The Labute approximate surface area is 117 Å². The Balaban J connectivity index is 0.00000225. The van der Waals surface area contributed by atoms with Crippen LogP contribution in [-0.4, -0.2) is 37.5 Å². The van der Waals surface area contributed by atoms with Crippen molar-refractivity contribution in [2.24, 2.45) is 16.3 Å². The summed E-state index contributed by atoms with van der Waals surface area (Å²) in [5, 5.41) is 3.45. The van der Waals surface area contributed by atoms with Gasteiger partial charge in [-0.05, 0) is 17.8 Å². The van der Waals surface area contributed by atoms with Gasteiger partial charge in [0.1, 0.15) is 0 Å². The zero-order chi connectivity index (χ0) is 11.5. The number of hydrogen-bond acceptors (Lipinski definition) is 3. The van der Waals surface area contributed by atoms with Gasteiger partial charge in [0.25, 0.3) is 0 Å². The standard InChI is InChI=1S/C12H25N3.HI/c1-10(2)8-12(3,4)9-14-11-13-6-7-15(11)5;/h10H,6-9H2,1-5H3,(H,13,14);1H. The maximum atomic E-state index is 4.43. The minimum absolute atomic E-state index is 0. The molecule has 1 heterocycles. The van der Waals surface area contributed by atoms with E-state index in [4.69, 9.17) is 0 Å². The Hall–Kier alpha value is 0. The molecule has 4 heteroatoms. The van der Waals surface area contributed by atoms with E-state index in [9.17, 15) is 0 Å². The molecule has 0 aliphatic carbocycles. The fourth-order valence-corrected chi connectivity index (χ4v) is 2.22. The molecule has 0 unspecified atom stereocenters. The van der Waals surface area contributed by atoms with E-state index < -0.39 is 0 Å². The summed E-state index contributed by atoms with van der Waals surface area (Å²) < 4.78 is 0. The quantitative estimate of drug-likeness (QED) is 0.798. The number of nitrogens with zero attached hydrogens (tertiary/aromatic N) is 2. The fraction of sp³-hybridized carbons (Fsp3) is 0.917. The maximum Gasteiger partial charge on any atom is 0.193 e. The fourth-order valence-electron chi connectivity index (χ4n) is 2.22. The van der Waals surface area contributed by atoms with E-state index >= 15 is 0 Å². The Morgan fingerprint density at radius 3 is 2.50 bits per heavy atom. The lowest BCUT2D eigenvalue weighted by Gasteiger charge is -2.28. The number of guanidine groups is 1. The van der Waals surface area contributed by atoms with Gasteiger partial charge in [-0.15, -0.1) is 24.0 Å². The zero-order valence-corrected chi connectivity index (χ0v) is 13.5. The number of hydrogen-bond donors (Lipinski definition) is 1. The molecule has 96 valence electrons. The molecule has 0 atom stereocenters. The van der Waals surface area contributed by atoms with Gasteiger partial charge in [-0.25, -0.2) is 0 Å². The third kappa shape index (κ3) is 5.37. The van der Waals surface area contributed by atoms with Gasteiger partial charge < -0.3 is 10.2 Å². The minimum atomic E-state index is 0. The Morgan fingerprint density at radius 2 is 2.06 bits per heavy atom. The van der Waals surface area contributed by atoms with Crippen molar-refractivity contribution in [2.45, 2.75) is 34.1 Å². The molecule has 0 fully saturated rings. The summed E-state index contributed by atoms with van der Waals surface area (Å²) in [5.74, 6) is 1.82. The van der Waals surface area contributed by atoms with E-state index in [0.717, 1.165) is 31.5 Å². The van der Waals surface area contributed by atoms with Gasteiger partial charge in [-0.1, -0.05) is 27.7 Å².